The highest BCUT2D eigenvalue weighted by Crippen LogP contribution is 2.25. The largest absolute Gasteiger partial charge is 0.254 e. The summed E-state index contributed by atoms with van der Waals surface area (Å²) < 4.78 is 25.5. The van der Waals surface area contributed by atoms with Crippen LogP contribution in [0.15, 0.2) is 41.3 Å². The van der Waals surface area contributed by atoms with Gasteiger partial charge in [0.15, 0.2) is 0 Å². The molecule has 0 saturated carbocycles. The second-order valence-corrected chi connectivity index (χ2v) is 6.29. The maximum atomic E-state index is 13.3. The van der Waals surface area contributed by atoms with Crippen molar-refractivity contribution in [2.24, 2.45) is 0 Å². The van der Waals surface area contributed by atoms with Crippen LogP contribution in [0.4, 0.5) is 4.39 Å². The van der Waals surface area contributed by atoms with Crippen molar-refractivity contribution >= 4 is 34.0 Å². The van der Waals surface area contributed by atoms with Crippen molar-refractivity contribution in [2.75, 3.05) is 0 Å². The van der Waals surface area contributed by atoms with Crippen molar-refractivity contribution < 1.29 is 8.60 Å². The summed E-state index contributed by atoms with van der Waals surface area (Å²) >= 11 is 11.7. The molecule has 20 heavy (non-hydrogen) atoms. The summed E-state index contributed by atoms with van der Waals surface area (Å²) in [7, 11) is -1.39. The lowest BCUT2D eigenvalue weighted by Gasteiger charge is -2.05. The predicted molar refractivity (Wildman–Crippen MR) is 77.7 cm³/mol. The van der Waals surface area contributed by atoms with E-state index in [1.54, 1.807) is 12.1 Å². The number of hydrogen-bond acceptors (Lipinski definition) is 2. The van der Waals surface area contributed by atoms with Gasteiger partial charge in [-0.05, 0) is 42.0 Å². The number of nitrogens with zero attached hydrogens (tertiary/aromatic N) is 1. The Kier molecular flexibility index (Phi) is 4.77. The lowest BCUT2D eigenvalue weighted by Crippen LogP contribution is -1.98. The topological polar surface area (TPSA) is 40.9 Å². The number of hydrogen-bond donors (Lipinski definition) is 0. The number of rotatable bonds is 3. The molecule has 2 aromatic rings. The van der Waals surface area contributed by atoms with Crippen LogP contribution in [0.5, 0.6) is 0 Å². The fraction of sp³-hybridized carbons (Fsp3) is 0.0714. The first-order valence-electron chi connectivity index (χ1n) is 5.52. The van der Waals surface area contributed by atoms with Crippen LogP contribution in [0.3, 0.4) is 0 Å². The second kappa shape index (κ2) is 6.36. The van der Waals surface area contributed by atoms with Gasteiger partial charge < -0.3 is 0 Å². The maximum absolute atomic E-state index is 13.3. The van der Waals surface area contributed by atoms with Crippen molar-refractivity contribution in [2.45, 2.75) is 10.6 Å². The maximum Gasteiger partial charge on any atom is 0.124 e. The number of benzene rings is 2. The van der Waals surface area contributed by atoms with Gasteiger partial charge in [0.1, 0.15) is 5.82 Å². The zero-order valence-corrected chi connectivity index (χ0v) is 12.4. The van der Waals surface area contributed by atoms with Gasteiger partial charge in [0.2, 0.25) is 0 Å². The van der Waals surface area contributed by atoms with E-state index in [9.17, 15) is 8.60 Å². The Balaban J connectivity index is 2.25. The van der Waals surface area contributed by atoms with Crippen molar-refractivity contribution in [1.82, 2.24) is 0 Å². The molecule has 0 aromatic heterocycles. The standard InChI is InChI=1S/C14H8Cl2FNOS/c15-13-2-1-12(6-14(13)16)20(19)8-10-3-9(7-18)4-11(17)5-10/h1-6H,8H2. The minimum Gasteiger partial charge on any atom is -0.254 e. The lowest BCUT2D eigenvalue weighted by molar-refractivity contribution is 0.625. The third-order valence-electron chi connectivity index (χ3n) is 2.54. The van der Waals surface area contributed by atoms with E-state index in [0.717, 1.165) is 6.07 Å². The molecule has 2 nitrogen and oxygen atoms in total. The highest BCUT2D eigenvalue weighted by atomic mass is 35.5. The van der Waals surface area contributed by atoms with Gasteiger partial charge in [0, 0.05) is 4.90 Å². The Morgan fingerprint density at radius 3 is 2.55 bits per heavy atom. The molecule has 0 spiro atoms. The van der Waals surface area contributed by atoms with Crippen LogP contribution in [0.25, 0.3) is 0 Å². The van der Waals surface area contributed by atoms with E-state index >= 15 is 0 Å². The number of nitriles is 1. The average molecular weight is 328 g/mol. The monoisotopic (exact) mass is 327 g/mol. The van der Waals surface area contributed by atoms with Crippen LogP contribution in [0.2, 0.25) is 10.0 Å². The Morgan fingerprint density at radius 2 is 1.90 bits per heavy atom. The highest BCUT2D eigenvalue weighted by Gasteiger charge is 2.09. The van der Waals surface area contributed by atoms with Gasteiger partial charge in [0.05, 0.1) is 38.2 Å². The molecule has 0 aliphatic rings. The summed E-state index contributed by atoms with van der Waals surface area (Å²) in [4.78, 5) is 0.502. The van der Waals surface area contributed by atoms with Crippen molar-refractivity contribution in [3.63, 3.8) is 0 Å². The highest BCUT2D eigenvalue weighted by molar-refractivity contribution is 7.84. The zero-order valence-electron chi connectivity index (χ0n) is 10.1. The quantitative estimate of drug-likeness (QED) is 0.842. The van der Waals surface area contributed by atoms with Crippen LogP contribution in [-0.4, -0.2) is 4.21 Å². The summed E-state index contributed by atoms with van der Waals surface area (Å²) in [5, 5.41) is 9.47. The van der Waals surface area contributed by atoms with Crippen LogP contribution in [0.1, 0.15) is 11.1 Å². The van der Waals surface area contributed by atoms with Gasteiger partial charge in [-0.3, -0.25) is 4.21 Å². The molecule has 0 N–H and O–H groups in total. The van der Waals surface area contributed by atoms with E-state index in [0.29, 0.717) is 20.5 Å². The van der Waals surface area contributed by atoms with Crippen molar-refractivity contribution in [3.05, 3.63) is 63.4 Å². The van der Waals surface area contributed by atoms with Gasteiger partial charge in [-0.1, -0.05) is 23.2 Å². The molecule has 1 atom stereocenters. The van der Waals surface area contributed by atoms with Crippen LogP contribution in [0, 0.1) is 17.1 Å². The summed E-state index contributed by atoms with van der Waals surface area (Å²) in [5.41, 5.74) is 0.692. The van der Waals surface area contributed by atoms with E-state index < -0.39 is 16.6 Å². The first-order chi connectivity index (χ1) is 9.49. The fourth-order valence-corrected chi connectivity index (χ4v) is 3.12. The SMILES string of the molecule is N#Cc1cc(F)cc(CS(=O)c2ccc(Cl)c(Cl)c2)c1. The zero-order chi connectivity index (χ0) is 14.7. The molecule has 0 saturated heterocycles. The minimum atomic E-state index is -1.39. The van der Waals surface area contributed by atoms with E-state index in [-0.39, 0.29) is 11.3 Å². The lowest BCUT2D eigenvalue weighted by atomic mass is 10.1. The van der Waals surface area contributed by atoms with Crippen molar-refractivity contribution in [3.8, 4) is 6.07 Å². The van der Waals surface area contributed by atoms with Crippen LogP contribution < -0.4 is 0 Å². The summed E-state index contributed by atoms with van der Waals surface area (Å²) in [6, 6.07) is 10.4. The smallest absolute Gasteiger partial charge is 0.124 e. The first-order valence-corrected chi connectivity index (χ1v) is 7.60. The number of halogens is 3. The molecular formula is C14H8Cl2FNOS. The first kappa shape index (κ1) is 15.0. The minimum absolute atomic E-state index is 0.102. The van der Waals surface area contributed by atoms with Gasteiger partial charge in [-0.25, -0.2) is 4.39 Å². The Hall–Kier alpha value is -1.41. The Morgan fingerprint density at radius 1 is 1.15 bits per heavy atom. The van der Waals surface area contributed by atoms with Crippen LogP contribution >= 0.6 is 23.2 Å². The third kappa shape index (κ3) is 3.57. The Labute approximate surface area is 128 Å². The molecular weight excluding hydrogens is 320 g/mol. The third-order valence-corrected chi connectivity index (χ3v) is 4.65. The molecule has 0 amide bonds. The van der Waals surface area contributed by atoms with Gasteiger partial charge in [0.25, 0.3) is 0 Å². The van der Waals surface area contributed by atoms with Gasteiger partial charge in [-0.15, -0.1) is 0 Å². The van der Waals surface area contributed by atoms with E-state index in [1.807, 2.05) is 6.07 Å². The van der Waals surface area contributed by atoms with Crippen molar-refractivity contribution in [1.29, 1.82) is 5.26 Å². The van der Waals surface area contributed by atoms with E-state index in [1.165, 1.54) is 18.2 Å². The molecule has 1 unspecified atom stereocenters. The molecule has 0 aliphatic heterocycles. The fourth-order valence-electron chi connectivity index (χ4n) is 1.65. The van der Waals surface area contributed by atoms with Crippen LogP contribution in [-0.2, 0) is 16.6 Å². The van der Waals surface area contributed by atoms with E-state index in [2.05, 4.69) is 0 Å². The summed E-state index contributed by atoms with van der Waals surface area (Å²) in [6.45, 7) is 0. The molecule has 102 valence electrons. The molecule has 6 heteroatoms. The molecule has 2 rings (SSSR count). The Bertz CT molecular complexity index is 728. The molecule has 0 bridgehead atoms. The van der Waals surface area contributed by atoms with Gasteiger partial charge >= 0.3 is 0 Å². The predicted octanol–water partition coefficient (Wildman–Crippen LogP) is 4.31. The summed E-state index contributed by atoms with van der Waals surface area (Å²) in [5.74, 6) is -0.421. The normalized spacial score (nSPS) is 11.9. The van der Waals surface area contributed by atoms with Gasteiger partial charge in [-0.2, -0.15) is 5.26 Å². The molecule has 0 radical (unpaired) electrons. The summed E-state index contributed by atoms with van der Waals surface area (Å²) in [6.07, 6.45) is 0. The molecule has 0 fully saturated rings. The molecule has 2 aromatic carbocycles. The second-order valence-electron chi connectivity index (χ2n) is 4.03. The molecule has 0 aliphatic carbocycles. The van der Waals surface area contributed by atoms with E-state index in [4.69, 9.17) is 28.5 Å². The molecule has 0 heterocycles. The average Bonchev–Trinajstić information content (AvgIpc) is 2.41.